The highest BCUT2D eigenvalue weighted by Gasteiger charge is 2.49. The second-order valence-electron chi connectivity index (χ2n) is 4.48. The molecule has 14 heavy (non-hydrogen) atoms. The molecule has 0 bridgehead atoms. The van der Waals surface area contributed by atoms with Crippen molar-refractivity contribution in [2.75, 3.05) is 13.7 Å². The number of hydrogen-bond donors (Lipinski definition) is 2. The summed E-state index contributed by atoms with van der Waals surface area (Å²) >= 11 is 0. The molecule has 0 aromatic rings. The zero-order chi connectivity index (χ0) is 10.2. The third kappa shape index (κ3) is 1.64. The van der Waals surface area contributed by atoms with Crippen LogP contribution < -0.4 is 11.1 Å². The minimum absolute atomic E-state index is 0.152. The first-order chi connectivity index (χ1) is 6.70. The average molecular weight is 198 g/mol. The van der Waals surface area contributed by atoms with E-state index in [-0.39, 0.29) is 11.3 Å². The summed E-state index contributed by atoms with van der Waals surface area (Å²) in [5.74, 6) is 0.152. The molecule has 2 aliphatic rings. The number of rotatable bonds is 4. The van der Waals surface area contributed by atoms with Crippen molar-refractivity contribution in [3.63, 3.8) is 0 Å². The number of hydrogen-bond acceptors (Lipinski definition) is 3. The highest BCUT2D eigenvalue weighted by atomic mass is 16.5. The van der Waals surface area contributed by atoms with Crippen molar-refractivity contribution in [3.8, 4) is 0 Å². The van der Waals surface area contributed by atoms with Crippen LogP contribution in [0, 0.1) is 5.41 Å². The van der Waals surface area contributed by atoms with E-state index in [1.54, 1.807) is 7.11 Å². The van der Waals surface area contributed by atoms with Crippen molar-refractivity contribution in [1.29, 1.82) is 0 Å². The number of carbonyl (C=O) groups excluding carboxylic acids is 1. The van der Waals surface area contributed by atoms with E-state index in [4.69, 9.17) is 10.5 Å². The van der Waals surface area contributed by atoms with E-state index < -0.39 is 0 Å². The van der Waals surface area contributed by atoms with Crippen LogP contribution in [0.5, 0.6) is 0 Å². The monoisotopic (exact) mass is 198 g/mol. The van der Waals surface area contributed by atoms with Crippen LogP contribution in [0.4, 0.5) is 0 Å². The van der Waals surface area contributed by atoms with Gasteiger partial charge in [-0.15, -0.1) is 0 Å². The van der Waals surface area contributed by atoms with Crippen molar-refractivity contribution in [1.82, 2.24) is 5.32 Å². The van der Waals surface area contributed by atoms with Gasteiger partial charge >= 0.3 is 0 Å². The summed E-state index contributed by atoms with van der Waals surface area (Å²) in [7, 11) is 1.71. The zero-order valence-corrected chi connectivity index (χ0v) is 8.58. The van der Waals surface area contributed by atoms with E-state index in [9.17, 15) is 4.79 Å². The molecule has 2 aliphatic carbocycles. The summed E-state index contributed by atoms with van der Waals surface area (Å²) in [5, 5.41) is 3.04. The third-order valence-corrected chi connectivity index (χ3v) is 3.49. The van der Waals surface area contributed by atoms with Crippen molar-refractivity contribution in [2.45, 2.75) is 37.8 Å². The largest absolute Gasteiger partial charge is 0.381 e. The molecular weight excluding hydrogens is 180 g/mol. The first-order valence-electron chi connectivity index (χ1n) is 5.24. The molecule has 0 aliphatic heterocycles. The fourth-order valence-electron chi connectivity index (χ4n) is 1.89. The lowest BCUT2D eigenvalue weighted by Crippen LogP contribution is -2.50. The molecule has 0 atom stereocenters. The summed E-state index contributed by atoms with van der Waals surface area (Å²) in [5.41, 5.74) is 5.36. The first kappa shape index (κ1) is 9.93. The van der Waals surface area contributed by atoms with Crippen LogP contribution in [0.25, 0.3) is 0 Å². The normalized spacial score (nSPS) is 33.3. The van der Waals surface area contributed by atoms with Crippen LogP contribution in [0.15, 0.2) is 0 Å². The Morgan fingerprint density at radius 1 is 1.57 bits per heavy atom. The number of nitrogens with two attached hydrogens (primary N) is 1. The Morgan fingerprint density at radius 2 is 2.21 bits per heavy atom. The molecule has 0 saturated heterocycles. The maximum absolute atomic E-state index is 11.7. The van der Waals surface area contributed by atoms with Gasteiger partial charge in [-0.1, -0.05) is 0 Å². The van der Waals surface area contributed by atoms with Gasteiger partial charge in [-0.25, -0.2) is 0 Å². The maximum Gasteiger partial charge on any atom is 0.227 e. The van der Waals surface area contributed by atoms with Gasteiger partial charge in [0.2, 0.25) is 5.91 Å². The Labute approximate surface area is 84.2 Å². The SMILES string of the molecule is COC1CC(NC(=O)C2(CN)CC2)C1. The van der Waals surface area contributed by atoms with Crippen LogP contribution in [0.3, 0.4) is 0 Å². The lowest BCUT2D eigenvalue weighted by atomic mass is 9.88. The van der Waals surface area contributed by atoms with Crippen LogP contribution >= 0.6 is 0 Å². The molecule has 0 heterocycles. The van der Waals surface area contributed by atoms with E-state index in [0.29, 0.717) is 18.7 Å². The molecule has 80 valence electrons. The van der Waals surface area contributed by atoms with E-state index in [1.807, 2.05) is 0 Å². The fourth-order valence-corrected chi connectivity index (χ4v) is 1.89. The summed E-state index contributed by atoms with van der Waals surface area (Å²) in [6, 6.07) is 0.316. The van der Waals surface area contributed by atoms with E-state index in [2.05, 4.69) is 5.32 Å². The summed E-state index contributed by atoms with van der Waals surface area (Å²) < 4.78 is 5.15. The smallest absolute Gasteiger partial charge is 0.227 e. The van der Waals surface area contributed by atoms with Crippen molar-refractivity contribution in [2.24, 2.45) is 11.1 Å². The molecule has 2 rings (SSSR count). The minimum Gasteiger partial charge on any atom is -0.381 e. The topological polar surface area (TPSA) is 64.3 Å². The number of ether oxygens (including phenoxy) is 1. The second kappa shape index (κ2) is 3.51. The maximum atomic E-state index is 11.7. The summed E-state index contributed by atoms with van der Waals surface area (Å²) in [4.78, 5) is 11.7. The quantitative estimate of drug-likeness (QED) is 0.669. The predicted molar refractivity (Wildman–Crippen MR) is 52.7 cm³/mol. The fraction of sp³-hybridized carbons (Fsp3) is 0.900. The third-order valence-electron chi connectivity index (χ3n) is 3.49. The molecular formula is C10H18N2O2. The van der Waals surface area contributed by atoms with Gasteiger partial charge < -0.3 is 15.8 Å². The Bertz CT molecular complexity index is 232. The van der Waals surface area contributed by atoms with Crippen molar-refractivity contribution < 1.29 is 9.53 Å². The molecule has 1 amide bonds. The van der Waals surface area contributed by atoms with Gasteiger partial charge in [0.1, 0.15) is 0 Å². The molecule has 4 nitrogen and oxygen atoms in total. The Morgan fingerprint density at radius 3 is 2.64 bits per heavy atom. The van der Waals surface area contributed by atoms with E-state index >= 15 is 0 Å². The van der Waals surface area contributed by atoms with Gasteiger partial charge in [0.15, 0.2) is 0 Å². The molecule has 3 N–H and O–H groups in total. The lowest BCUT2D eigenvalue weighted by Gasteiger charge is -2.35. The van der Waals surface area contributed by atoms with Gasteiger partial charge in [0.25, 0.3) is 0 Å². The molecule has 2 saturated carbocycles. The van der Waals surface area contributed by atoms with Gasteiger partial charge in [-0.3, -0.25) is 4.79 Å². The molecule has 0 radical (unpaired) electrons. The highest BCUT2D eigenvalue weighted by molar-refractivity contribution is 5.85. The second-order valence-corrected chi connectivity index (χ2v) is 4.48. The van der Waals surface area contributed by atoms with Gasteiger partial charge in [-0.2, -0.15) is 0 Å². The summed E-state index contributed by atoms with van der Waals surface area (Å²) in [6.07, 6.45) is 4.14. The zero-order valence-electron chi connectivity index (χ0n) is 8.58. The predicted octanol–water partition coefficient (Wildman–Crippen LogP) is 0.0189. The van der Waals surface area contributed by atoms with Gasteiger partial charge in [-0.05, 0) is 25.7 Å². The number of nitrogens with one attached hydrogen (secondary N) is 1. The number of methoxy groups -OCH3 is 1. The van der Waals surface area contributed by atoms with Crippen LogP contribution in [0.1, 0.15) is 25.7 Å². The molecule has 2 fully saturated rings. The number of carbonyl (C=O) groups is 1. The molecule has 0 unspecified atom stereocenters. The van der Waals surface area contributed by atoms with Gasteiger partial charge in [0.05, 0.1) is 11.5 Å². The van der Waals surface area contributed by atoms with E-state index in [0.717, 1.165) is 25.7 Å². The first-order valence-corrected chi connectivity index (χ1v) is 5.24. The average Bonchev–Trinajstić information content (AvgIpc) is 2.90. The Balaban J connectivity index is 1.74. The minimum atomic E-state index is -0.210. The highest BCUT2D eigenvalue weighted by Crippen LogP contribution is 2.45. The van der Waals surface area contributed by atoms with Crippen molar-refractivity contribution >= 4 is 5.91 Å². The Kier molecular flexibility index (Phi) is 2.49. The molecule has 0 spiro atoms. The standard InChI is InChI=1S/C10H18N2O2/c1-14-8-4-7(5-8)12-9(13)10(6-11)2-3-10/h7-8H,2-6,11H2,1H3,(H,12,13). The molecule has 0 aromatic heterocycles. The van der Waals surface area contributed by atoms with Gasteiger partial charge in [0, 0.05) is 19.7 Å². The lowest BCUT2D eigenvalue weighted by molar-refractivity contribution is -0.128. The van der Waals surface area contributed by atoms with E-state index in [1.165, 1.54) is 0 Å². The number of amides is 1. The van der Waals surface area contributed by atoms with Crippen LogP contribution in [0.2, 0.25) is 0 Å². The summed E-state index contributed by atoms with van der Waals surface area (Å²) in [6.45, 7) is 0.485. The molecule has 4 heteroatoms. The Hall–Kier alpha value is -0.610. The van der Waals surface area contributed by atoms with Crippen molar-refractivity contribution in [3.05, 3.63) is 0 Å². The van der Waals surface area contributed by atoms with Crippen LogP contribution in [-0.2, 0) is 9.53 Å². The molecule has 0 aromatic carbocycles. The van der Waals surface area contributed by atoms with Crippen LogP contribution in [-0.4, -0.2) is 31.7 Å².